The van der Waals surface area contributed by atoms with Gasteiger partial charge in [-0.2, -0.15) is 0 Å². The van der Waals surface area contributed by atoms with E-state index in [0.29, 0.717) is 0 Å². The van der Waals surface area contributed by atoms with Gasteiger partial charge in [-0.25, -0.2) is 0 Å². The van der Waals surface area contributed by atoms with Crippen LogP contribution in [0.25, 0.3) is 262 Å². The molecule has 32 rings (SSSR count). The Morgan fingerprint density at radius 1 is 0.110 bits per heavy atom. The van der Waals surface area contributed by atoms with Crippen LogP contribution in [0.2, 0.25) is 0 Å². The van der Waals surface area contributed by atoms with E-state index in [2.05, 4.69) is 522 Å². The zero-order valence-corrected chi connectivity index (χ0v) is 73.8. The molecule has 632 valence electrons. The summed E-state index contributed by atoms with van der Waals surface area (Å²) in [6.07, 6.45) is 9.21. The molecule has 20 aromatic carbocycles. The van der Waals surface area contributed by atoms with Gasteiger partial charge in [0.25, 0.3) is 0 Å². The number of para-hydroxylation sites is 8. The van der Waals surface area contributed by atoms with E-state index in [1.54, 1.807) is 0 Å². The molecule has 136 heavy (non-hydrogen) atoms. The molecule has 0 amide bonds. The van der Waals surface area contributed by atoms with Crippen molar-refractivity contribution in [3.05, 3.63) is 486 Å². The maximum absolute atomic E-state index is 2.44. The molecule has 0 aliphatic heterocycles. The lowest BCUT2D eigenvalue weighted by molar-refractivity contribution is 1.17. The second-order valence-electron chi connectivity index (χ2n) is 36.1. The van der Waals surface area contributed by atoms with Gasteiger partial charge in [-0.15, -0.1) is 0 Å². The van der Waals surface area contributed by atoms with Crippen molar-refractivity contribution in [1.29, 1.82) is 0 Å². The Bertz CT molecular complexity index is 10600. The third kappa shape index (κ3) is 11.0. The van der Waals surface area contributed by atoms with Crippen LogP contribution in [0, 0.1) is 0 Å². The van der Waals surface area contributed by atoms with Crippen molar-refractivity contribution in [1.82, 2.24) is 35.9 Å². The average Bonchev–Trinajstić information content (AvgIpc) is 1.55. The van der Waals surface area contributed by atoms with Gasteiger partial charge in [0.05, 0.1) is 88.3 Å². The summed E-state index contributed by atoms with van der Waals surface area (Å²) < 4.78 is 19.3. The summed E-state index contributed by atoms with van der Waals surface area (Å²) >= 11 is 0. The molecule has 12 aromatic heterocycles. The van der Waals surface area contributed by atoms with E-state index in [9.17, 15) is 0 Å². The smallest absolute Gasteiger partial charge is 0.0788 e. The Morgan fingerprint density at radius 3 is 0.838 bits per heavy atom. The van der Waals surface area contributed by atoms with Crippen LogP contribution in [0.1, 0.15) is 0 Å². The van der Waals surface area contributed by atoms with Gasteiger partial charge < -0.3 is 35.9 Å². The normalized spacial score (nSPS) is 12.1. The highest BCUT2D eigenvalue weighted by atomic mass is 15.0. The maximum Gasteiger partial charge on any atom is 0.0788 e. The van der Waals surface area contributed by atoms with E-state index in [1.807, 2.05) is 0 Å². The van der Waals surface area contributed by atoms with E-state index in [4.69, 9.17) is 0 Å². The maximum atomic E-state index is 2.44. The van der Waals surface area contributed by atoms with Crippen LogP contribution in [0.5, 0.6) is 0 Å². The molecule has 0 saturated heterocycles. The number of rotatable bonds is 4. The second kappa shape index (κ2) is 29.6. The SMILES string of the molecule is c1ccc(-n2c3ccccc3c3c2ccc2c4ccccc4c4c5ccccc5cn4c23)cc1.c1ccc(-n2c3ccccc3c3c4c5ccccc5c5c6ccccc6cn5c4ccc32)cc1.c1ccc(-n2c3ccccc3c3cc4c5ccccc5c5c6ccccc6cn5c4cc32)cc1.c1ccc(-n2c3ccccc3c3ccc4c5ccccc5c5c6ccccc6cn5c4c32)cc1. The Labute approximate surface area is 778 Å². The van der Waals surface area contributed by atoms with E-state index >= 15 is 0 Å². The molecule has 0 N–H and O–H groups in total. The van der Waals surface area contributed by atoms with Crippen molar-refractivity contribution < 1.29 is 0 Å². The molecule has 0 saturated carbocycles. The Morgan fingerprint density at radius 2 is 0.368 bits per heavy atom. The summed E-state index contributed by atoms with van der Waals surface area (Å²) in [4.78, 5) is 0. The molecule has 0 aliphatic rings. The van der Waals surface area contributed by atoms with Crippen molar-refractivity contribution in [2.75, 3.05) is 0 Å². The van der Waals surface area contributed by atoms with E-state index in [-0.39, 0.29) is 0 Å². The summed E-state index contributed by atoms with van der Waals surface area (Å²) in [6, 6.07) is 167. The molecule has 32 aromatic rings. The van der Waals surface area contributed by atoms with Crippen molar-refractivity contribution in [3.63, 3.8) is 0 Å². The monoisotopic (exact) mass is 1730 g/mol. The first kappa shape index (κ1) is 75.6. The van der Waals surface area contributed by atoms with Crippen molar-refractivity contribution in [3.8, 4) is 22.7 Å². The molecular weight excluding hydrogens is 1650 g/mol. The van der Waals surface area contributed by atoms with E-state index in [0.717, 1.165) is 0 Å². The van der Waals surface area contributed by atoms with Gasteiger partial charge in [0.2, 0.25) is 0 Å². The standard InChI is InChI=1S/4C32H20N2/c1-2-11-22(12-3-1)34-29-17-9-8-15-25(29)28-18-27-24-14-6-7-16-26(24)32-23-13-5-4-10-21(23)20-33(32)30(27)19-31(28)34;1-2-11-22(12-3-1)34-29-17-9-8-15-25(29)28-19-18-27-24-14-6-7-16-26(24)30-23-13-5-4-10-21(23)20-33(30)31(27)32(28)34;1-2-11-22(12-3-1)34-28-17-9-8-16-27(28)30-29(34)19-18-26-24-14-6-7-15-25(24)31-23-13-5-4-10-21(23)20-33(31)32(26)30;1-2-11-22(12-3-1)34-27-17-9-8-16-26(27)31-29(34)19-18-28-30(31)24-14-6-7-15-25(24)32-23-13-5-4-10-21(23)20-33(28)32/h4*1-20H. The van der Waals surface area contributed by atoms with Crippen LogP contribution < -0.4 is 0 Å². The highest BCUT2D eigenvalue weighted by Gasteiger charge is 2.27. The summed E-state index contributed by atoms with van der Waals surface area (Å²) in [6.45, 7) is 0. The lowest BCUT2D eigenvalue weighted by atomic mass is 9.99. The molecule has 0 atom stereocenters. The molecule has 8 nitrogen and oxygen atoms in total. The third-order valence-corrected chi connectivity index (χ3v) is 29.1. The Hall–Kier alpha value is -18.2. The number of pyridine rings is 4. The van der Waals surface area contributed by atoms with Crippen molar-refractivity contribution >= 4 is 239 Å². The second-order valence-corrected chi connectivity index (χ2v) is 36.1. The minimum absolute atomic E-state index is 1.18. The molecule has 0 radical (unpaired) electrons. The quantitative estimate of drug-likeness (QED) is 0.158. The molecule has 0 spiro atoms. The Kier molecular flexibility index (Phi) is 16.5. The minimum Gasteiger partial charge on any atom is -0.315 e. The summed E-state index contributed by atoms with van der Waals surface area (Å²) in [5, 5.41) is 36.1. The minimum atomic E-state index is 1.18. The van der Waals surface area contributed by atoms with E-state index in [1.165, 1.54) is 262 Å². The highest BCUT2D eigenvalue weighted by molar-refractivity contribution is 6.34. The number of fused-ring (bicyclic) bond motifs is 47. The van der Waals surface area contributed by atoms with Gasteiger partial charge >= 0.3 is 0 Å². The fourth-order valence-electron chi connectivity index (χ4n) is 23.5. The number of hydrogen-bond acceptors (Lipinski definition) is 0. The van der Waals surface area contributed by atoms with Gasteiger partial charge in [0, 0.05) is 177 Å². The molecule has 12 heterocycles. The van der Waals surface area contributed by atoms with Crippen LogP contribution in [-0.2, 0) is 0 Å². The number of benzene rings is 20. The summed E-state index contributed by atoms with van der Waals surface area (Å²) in [5.74, 6) is 0. The van der Waals surface area contributed by atoms with E-state index < -0.39 is 0 Å². The first-order valence-corrected chi connectivity index (χ1v) is 46.9. The largest absolute Gasteiger partial charge is 0.315 e. The van der Waals surface area contributed by atoms with Crippen LogP contribution in [0.3, 0.4) is 0 Å². The number of nitrogens with zero attached hydrogens (tertiary/aromatic N) is 8. The first-order valence-electron chi connectivity index (χ1n) is 46.9. The fraction of sp³-hybridized carbons (Fsp3) is 0. The van der Waals surface area contributed by atoms with Crippen LogP contribution >= 0.6 is 0 Å². The zero-order chi connectivity index (χ0) is 88.9. The molecule has 0 fully saturated rings. The highest BCUT2D eigenvalue weighted by Crippen LogP contribution is 2.49. The summed E-state index contributed by atoms with van der Waals surface area (Å²) in [7, 11) is 0. The first-order chi connectivity index (χ1) is 67.6. The van der Waals surface area contributed by atoms with Gasteiger partial charge in [-0.05, 0) is 125 Å². The Balaban J connectivity index is 0.0000000879. The lowest BCUT2D eigenvalue weighted by Crippen LogP contribution is -1.97. The van der Waals surface area contributed by atoms with Gasteiger partial charge in [-0.3, -0.25) is 0 Å². The van der Waals surface area contributed by atoms with Gasteiger partial charge in [0.1, 0.15) is 0 Å². The third-order valence-electron chi connectivity index (χ3n) is 29.1. The van der Waals surface area contributed by atoms with Gasteiger partial charge in [-0.1, -0.05) is 358 Å². The van der Waals surface area contributed by atoms with Crippen LogP contribution in [0.15, 0.2) is 486 Å². The number of hydrogen-bond donors (Lipinski definition) is 0. The molecular formula is C128H80N8. The topological polar surface area (TPSA) is 37.4 Å². The van der Waals surface area contributed by atoms with Crippen molar-refractivity contribution in [2.45, 2.75) is 0 Å². The average molecular weight is 1730 g/mol. The lowest BCUT2D eigenvalue weighted by Gasteiger charge is -2.14. The molecule has 8 heteroatoms. The van der Waals surface area contributed by atoms with Crippen LogP contribution in [0.4, 0.5) is 0 Å². The molecule has 0 unspecified atom stereocenters. The van der Waals surface area contributed by atoms with Crippen molar-refractivity contribution in [2.24, 2.45) is 0 Å². The summed E-state index contributed by atoms with van der Waals surface area (Å²) in [5.41, 5.74) is 24.7. The molecule has 0 aliphatic carbocycles. The molecule has 0 bridgehead atoms. The zero-order valence-electron chi connectivity index (χ0n) is 73.8. The fourth-order valence-corrected chi connectivity index (χ4v) is 23.5. The van der Waals surface area contributed by atoms with Crippen LogP contribution in [-0.4, -0.2) is 35.9 Å². The number of aromatic nitrogens is 8. The predicted molar refractivity (Wildman–Crippen MR) is 577 cm³/mol. The van der Waals surface area contributed by atoms with Gasteiger partial charge in [0.15, 0.2) is 0 Å². The predicted octanol–water partition coefficient (Wildman–Crippen LogP) is 34.0.